The Hall–Kier alpha value is -2.22. The number of fused-ring (bicyclic) bond motifs is 1. The predicted molar refractivity (Wildman–Crippen MR) is 114 cm³/mol. The van der Waals surface area contributed by atoms with Gasteiger partial charge in [-0.1, -0.05) is 16.8 Å². The lowest BCUT2D eigenvalue weighted by Gasteiger charge is -2.17. The molecule has 0 unspecified atom stereocenters. The first-order valence-corrected chi connectivity index (χ1v) is 10.7. The molecule has 0 aliphatic rings. The highest BCUT2D eigenvalue weighted by Gasteiger charge is 2.23. The van der Waals surface area contributed by atoms with E-state index in [2.05, 4.69) is 30.1 Å². The second-order valence-electron chi connectivity index (χ2n) is 6.70. The molecule has 0 aliphatic heterocycles. The molecule has 1 amide bonds. The molecule has 0 atom stereocenters. The highest BCUT2D eigenvalue weighted by atomic mass is 35.5. The standard InChI is InChI=1S/C20H18ClN3O2S2/c1-10-7-14(12(3)27-10)16-8-15(18-11(2)23-26-19(18)22-16)20(25)24(4)9-13-5-6-17(21)28-13/h5-8H,9H2,1-4H3. The van der Waals surface area contributed by atoms with Gasteiger partial charge in [-0.2, -0.15) is 0 Å². The molecule has 0 saturated carbocycles. The Kier molecular flexibility index (Phi) is 4.99. The van der Waals surface area contributed by atoms with Crippen LogP contribution in [0.5, 0.6) is 0 Å². The van der Waals surface area contributed by atoms with Crippen molar-refractivity contribution in [2.45, 2.75) is 27.3 Å². The Morgan fingerprint density at radius 2 is 2.00 bits per heavy atom. The maximum absolute atomic E-state index is 13.3. The number of aryl methyl sites for hydroxylation is 3. The van der Waals surface area contributed by atoms with Crippen LogP contribution in [0.4, 0.5) is 0 Å². The van der Waals surface area contributed by atoms with Crippen LogP contribution in [0.15, 0.2) is 28.8 Å². The minimum absolute atomic E-state index is 0.103. The van der Waals surface area contributed by atoms with Crippen LogP contribution in [0.1, 0.15) is 30.7 Å². The maximum Gasteiger partial charge on any atom is 0.259 e. The lowest BCUT2D eigenvalue weighted by atomic mass is 10.0. The van der Waals surface area contributed by atoms with Crippen LogP contribution in [-0.4, -0.2) is 28.0 Å². The third-order valence-corrected chi connectivity index (χ3v) is 6.71. The maximum atomic E-state index is 13.3. The summed E-state index contributed by atoms with van der Waals surface area (Å²) in [5.41, 5.74) is 3.33. The molecule has 0 radical (unpaired) electrons. The molecule has 4 heterocycles. The van der Waals surface area contributed by atoms with Gasteiger partial charge in [-0.25, -0.2) is 4.98 Å². The van der Waals surface area contributed by atoms with Crippen molar-refractivity contribution in [3.8, 4) is 11.3 Å². The Morgan fingerprint density at radius 3 is 2.64 bits per heavy atom. The van der Waals surface area contributed by atoms with Gasteiger partial charge < -0.3 is 9.42 Å². The Morgan fingerprint density at radius 1 is 1.21 bits per heavy atom. The van der Waals surface area contributed by atoms with E-state index in [0.717, 1.165) is 21.0 Å². The summed E-state index contributed by atoms with van der Waals surface area (Å²) in [5.74, 6) is -0.103. The summed E-state index contributed by atoms with van der Waals surface area (Å²) in [6.07, 6.45) is 0. The summed E-state index contributed by atoms with van der Waals surface area (Å²) in [4.78, 5) is 23.0. The number of carbonyl (C=O) groups is 1. The molecule has 0 fully saturated rings. The van der Waals surface area contributed by atoms with Crippen molar-refractivity contribution < 1.29 is 9.32 Å². The molecule has 0 N–H and O–H groups in total. The fraction of sp³-hybridized carbons (Fsp3) is 0.250. The van der Waals surface area contributed by atoms with E-state index < -0.39 is 0 Å². The number of amides is 1. The van der Waals surface area contributed by atoms with Crippen LogP contribution in [0.25, 0.3) is 22.4 Å². The Bertz CT molecular complexity index is 1190. The van der Waals surface area contributed by atoms with Crippen LogP contribution in [0.3, 0.4) is 0 Å². The third kappa shape index (κ3) is 3.45. The van der Waals surface area contributed by atoms with Crippen LogP contribution in [0, 0.1) is 20.8 Å². The number of aromatic nitrogens is 2. The van der Waals surface area contributed by atoms with Gasteiger partial charge in [-0.3, -0.25) is 4.79 Å². The van der Waals surface area contributed by atoms with Crippen molar-refractivity contribution in [1.29, 1.82) is 0 Å². The minimum Gasteiger partial charge on any atom is -0.337 e. The van der Waals surface area contributed by atoms with Gasteiger partial charge in [0.15, 0.2) is 0 Å². The minimum atomic E-state index is -0.103. The van der Waals surface area contributed by atoms with Crippen LogP contribution in [0.2, 0.25) is 4.34 Å². The third-order valence-electron chi connectivity index (χ3n) is 4.53. The highest BCUT2D eigenvalue weighted by Crippen LogP contribution is 2.33. The monoisotopic (exact) mass is 431 g/mol. The van der Waals surface area contributed by atoms with E-state index in [-0.39, 0.29) is 5.91 Å². The first-order valence-electron chi connectivity index (χ1n) is 8.67. The molecule has 0 aromatic carbocycles. The van der Waals surface area contributed by atoms with Gasteiger partial charge >= 0.3 is 0 Å². The zero-order chi connectivity index (χ0) is 20.0. The molecule has 5 nitrogen and oxygen atoms in total. The van der Waals surface area contributed by atoms with Gasteiger partial charge in [0.05, 0.1) is 33.2 Å². The Balaban J connectivity index is 1.79. The number of hydrogen-bond acceptors (Lipinski definition) is 6. The van der Waals surface area contributed by atoms with E-state index in [9.17, 15) is 4.79 Å². The number of carbonyl (C=O) groups excluding carboxylic acids is 1. The van der Waals surface area contributed by atoms with Gasteiger partial charge in [-0.05, 0) is 45.0 Å². The van der Waals surface area contributed by atoms with E-state index in [0.29, 0.717) is 33.2 Å². The molecule has 0 aliphatic carbocycles. The molecule has 28 heavy (non-hydrogen) atoms. The number of nitrogens with zero attached hydrogens (tertiary/aromatic N) is 3. The van der Waals surface area contributed by atoms with Crippen LogP contribution < -0.4 is 0 Å². The number of rotatable bonds is 4. The van der Waals surface area contributed by atoms with Gasteiger partial charge in [0.2, 0.25) is 0 Å². The topological polar surface area (TPSA) is 59.2 Å². The summed E-state index contributed by atoms with van der Waals surface area (Å²) < 4.78 is 6.12. The van der Waals surface area contributed by atoms with Gasteiger partial charge in [0, 0.05) is 27.2 Å². The first kappa shape index (κ1) is 19.1. The van der Waals surface area contributed by atoms with E-state index in [1.54, 1.807) is 23.3 Å². The normalized spacial score (nSPS) is 11.3. The zero-order valence-corrected chi connectivity index (χ0v) is 18.3. The van der Waals surface area contributed by atoms with E-state index in [1.807, 2.05) is 25.1 Å². The molecule has 4 rings (SSSR count). The number of pyridine rings is 1. The predicted octanol–water partition coefficient (Wildman–Crippen LogP) is 5.86. The lowest BCUT2D eigenvalue weighted by Crippen LogP contribution is -2.26. The van der Waals surface area contributed by atoms with Crippen LogP contribution in [-0.2, 0) is 6.54 Å². The molecule has 8 heteroatoms. The summed E-state index contributed by atoms with van der Waals surface area (Å²) >= 11 is 9.20. The van der Waals surface area contributed by atoms with Gasteiger partial charge in [0.25, 0.3) is 11.6 Å². The molecular weight excluding hydrogens is 414 g/mol. The highest BCUT2D eigenvalue weighted by molar-refractivity contribution is 7.16. The SMILES string of the molecule is Cc1cc(-c2cc(C(=O)N(C)Cc3ccc(Cl)s3)c3c(C)noc3n2)c(C)s1. The summed E-state index contributed by atoms with van der Waals surface area (Å²) in [7, 11) is 1.78. The smallest absolute Gasteiger partial charge is 0.259 e. The number of halogens is 1. The molecular formula is C20H18ClN3O2S2. The summed E-state index contributed by atoms with van der Waals surface area (Å²) in [6, 6.07) is 7.71. The van der Waals surface area contributed by atoms with Gasteiger partial charge in [-0.15, -0.1) is 22.7 Å². The van der Waals surface area contributed by atoms with Crippen LogP contribution >= 0.6 is 34.3 Å². The molecule has 0 bridgehead atoms. The van der Waals surface area contributed by atoms with E-state index >= 15 is 0 Å². The molecule has 0 saturated heterocycles. The largest absolute Gasteiger partial charge is 0.337 e. The van der Waals surface area contributed by atoms with E-state index in [4.69, 9.17) is 16.1 Å². The average Bonchev–Trinajstić information content (AvgIpc) is 3.33. The first-order chi connectivity index (χ1) is 13.3. The molecule has 4 aromatic heterocycles. The zero-order valence-electron chi connectivity index (χ0n) is 15.9. The fourth-order valence-corrected chi connectivity index (χ4v) is 5.31. The average molecular weight is 432 g/mol. The fourth-order valence-electron chi connectivity index (χ4n) is 3.23. The number of thiophene rings is 2. The quantitative estimate of drug-likeness (QED) is 0.405. The van der Waals surface area contributed by atoms with Crippen molar-refractivity contribution in [2.24, 2.45) is 0 Å². The second-order valence-corrected chi connectivity index (χ2v) is 9.96. The van der Waals surface area contributed by atoms with Gasteiger partial charge in [0.1, 0.15) is 0 Å². The van der Waals surface area contributed by atoms with Crippen molar-refractivity contribution in [3.63, 3.8) is 0 Å². The summed E-state index contributed by atoms with van der Waals surface area (Å²) in [5, 5.41) is 4.69. The van der Waals surface area contributed by atoms with Crippen molar-refractivity contribution in [2.75, 3.05) is 7.05 Å². The Labute approximate surface area is 175 Å². The lowest BCUT2D eigenvalue weighted by molar-refractivity contribution is 0.0788. The molecule has 4 aromatic rings. The number of hydrogen-bond donors (Lipinski definition) is 0. The van der Waals surface area contributed by atoms with E-state index in [1.165, 1.54) is 16.2 Å². The molecule has 144 valence electrons. The van der Waals surface area contributed by atoms with Crippen molar-refractivity contribution in [3.05, 3.63) is 54.5 Å². The van der Waals surface area contributed by atoms with Crippen molar-refractivity contribution in [1.82, 2.24) is 15.0 Å². The molecule has 0 spiro atoms. The second kappa shape index (κ2) is 7.31. The van der Waals surface area contributed by atoms with Crippen molar-refractivity contribution >= 4 is 51.3 Å². The summed E-state index contributed by atoms with van der Waals surface area (Å²) in [6.45, 7) is 6.42.